The van der Waals surface area contributed by atoms with Gasteiger partial charge in [-0.3, -0.25) is 4.79 Å². The molecule has 0 radical (unpaired) electrons. The molecule has 2 N–H and O–H groups in total. The Bertz CT molecular complexity index is 812. The van der Waals surface area contributed by atoms with Crippen LogP contribution < -0.4 is 10.1 Å². The number of amides is 1. The second-order valence-electron chi connectivity index (χ2n) is 5.33. The van der Waals surface area contributed by atoms with Crippen molar-refractivity contribution in [2.24, 2.45) is 0 Å². The summed E-state index contributed by atoms with van der Waals surface area (Å²) in [5, 5.41) is 2.90. The van der Waals surface area contributed by atoms with Gasteiger partial charge in [-0.1, -0.05) is 42.5 Å². The quantitative estimate of drug-likeness (QED) is 0.733. The minimum Gasteiger partial charge on any atom is -0.496 e. The van der Waals surface area contributed by atoms with Crippen LogP contribution in [0, 0.1) is 0 Å². The van der Waals surface area contributed by atoms with Crippen LogP contribution >= 0.6 is 0 Å². The van der Waals surface area contributed by atoms with Crippen LogP contribution in [-0.2, 0) is 6.42 Å². The number of aromatic amines is 1. The van der Waals surface area contributed by atoms with Gasteiger partial charge in [0.1, 0.15) is 11.6 Å². The standard InChI is InChI=1S/C19H19N3O2/c1-24-17-10-6-5-9-16(17)19(23)20-12-11-15-13-21-18(22-15)14-7-3-2-4-8-14/h2-10,13H,11-12H2,1H3,(H,20,23)(H,21,22). The summed E-state index contributed by atoms with van der Waals surface area (Å²) in [5.74, 6) is 1.26. The van der Waals surface area contributed by atoms with E-state index in [0.29, 0.717) is 24.3 Å². The molecule has 0 bridgehead atoms. The highest BCUT2D eigenvalue weighted by Crippen LogP contribution is 2.17. The van der Waals surface area contributed by atoms with Crippen molar-refractivity contribution in [2.75, 3.05) is 13.7 Å². The molecule has 0 aliphatic rings. The van der Waals surface area contributed by atoms with E-state index in [1.807, 2.05) is 42.5 Å². The molecule has 0 aliphatic heterocycles. The minimum absolute atomic E-state index is 0.143. The Kier molecular flexibility index (Phi) is 4.91. The van der Waals surface area contributed by atoms with Gasteiger partial charge in [-0.15, -0.1) is 0 Å². The molecule has 1 amide bonds. The van der Waals surface area contributed by atoms with Crippen LogP contribution in [-0.4, -0.2) is 29.5 Å². The molecule has 0 saturated carbocycles. The van der Waals surface area contributed by atoms with Gasteiger partial charge < -0.3 is 15.0 Å². The van der Waals surface area contributed by atoms with Gasteiger partial charge in [0.05, 0.1) is 12.7 Å². The Morgan fingerprint density at radius 2 is 1.88 bits per heavy atom. The predicted molar refractivity (Wildman–Crippen MR) is 93.1 cm³/mol. The number of imidazole rings is 1. The van der Waals surface area contributed by atoms with Crippen molar-refractivity contribution in [2.45, 2.75) is 6.42 Å². The molecule has 0 spiro atoms. The molecule has 5 heteroatoms. The van der Waals surface area contributed by atoms with Gasteiger partial charge in [-0.25, -0.2) is 4.98 Å². The lowest BCUT2D eigenvalue weighted by atomic mass is 10.2. The first-order chi connectivity index (χ1) is 11.8. The molecule has 1 heterocycles. The number of hydrogen-bond donors (Lipinski definition) is 2. The number of aromatic nitrogens is 2. The van der Waals surface area contributed by atoms with Crippen LogP contribution in [0.3, 0.4) is 0 Å². The number of hydrogen-bond acceptors (Lipinski definition) is 3. The van der Waals surface area contributed by atoms with Crippen molar-refractivity contribution in [1.29, 1.82) is 0 Å². The lowest BCUT2D eigenvalue weighted by Crippen LogP contribution is -2.26. The lowest BCUT2D eigenvalue weighted by Gasteiger charge is -2.08. The van der Waals surface area contributed by atoms with Crippen molar-refractivity contribution in [3.63, 3.8) is 0 Å². The Hall–Kier alpha value is -3.08. The number of rotatable bonds is 6. The van der Waals surface area contributed by atoms with Crippen LogP contribution in [0.2, 0.25) is 0 Å². The number of carbonyl (C=O) groups excluding carboxylic acids is 1. The Morgan fingerprint density at radius 1 is 1.12 bits per heavy atom. The summed E-state index contributed by atoms with van der Waals surface area (Å²) in [5.41, 5.74) is 2.56. The van der Waals surface area contributed by atoms with Crippen LogP contribution in [0.15, 0.2) is 60.8 Å². The highest BCUT2D eigenvalue weighted by Gasteiger charge is 2.11. The largest absolute Gasteiger partial charge is 0.496 e. The first-order valence-electron chi connectivity index (χ1n) is 7.78. The maximum absolute atomic E-state index is 12.2. The van der Waals surface area contributed by atoms with Crippen LogP contribution in [0.5, 0.6) is 5.75 Å². The van der Waals surface area contributed by atoms with Gasteiger partial charge in [0.25, 0.3) is 5.91 Å². The molecule has 3 rings (SSSR count). The number of ether oxygens (including phenoxy) is 1. The molecule has 5 nitrogen and oxygen atoms in total. The van der Waals surface area contributed by atoms with E-state index in [0.717, 1.165) is 17.1 Å². The van der Waals surface area contributed by atoms with Crippen LogP contribution in [0.4, 0.5) is 0 Å². The smallest absolute Gasteiger partial charge is 0.255 e. The summed E-state index contributed by atoms with van der Waals surface area (Å²) < 4.78 is 5.21. The third-order valence-electron chi connectivity index (χ3n) is 3.71. The zero-order valence-electron chi connectivity index (χ0n) is 13.5. The number of H-pyrrole nitrogens is 1. The van der Waals surface area contributed by atoms with Crippen molar-refractivity contribution in [3.8, 4) is 17.1 Å². The first kappa shape index (κ1) is 15.8. The molecular weight excluding hydrogens is 302 g/mol. The first-order valence-corrected chi connectivity index (χ1v) is 7.78. The van der Waals surface area contributed by atoms with Crippen LogP contribution in [0.1, 0.15) is 16.1 Å². The summed E-state index contributed by atoms with van der Waals surface area (Å²) in [6, 6.07) is 17.1. The molecule has 3 aromatic rings. The molecule has 0 fully saturated rings. The molecule has 0 unspecified atom stereocenters. The fraction of sp³-hybridized carbons (Fsp3) is 0.158. The topological polar surface area (TPSA) is 67.0 Å². The highest BCUT2D eigenvalue weighted by molar-refractivity contribution is 5.96. The van der Waals surface area contributed by atoms with Crippen molar-refractivity contribution >= 4 is 5.91 Å². The summed E-state index contributed by atoms with van der Waals surface area (Å²) in [7, 11) is 1.56. The van der Waals surface area contributed by atoms with E-state index in [2.05, 4.69) is 15.3 Å². The number of methoxy groups -OCH3 is 1. The van der Waals surface area contributed by atoms with E-state index in [4.69, 9.17) is 4.74 Å². The molecule has 0 atom stereocenters. The number of para-hydroxylation sites is 1. The van der Waals surface area contributed by atoms with E-state index < -0.39 is 0 Å². The molecule has 0 aliphatic carbocycles. The lowest BCUT2D eigenvalue weighted by molar-refractivity contribution is 0.0951. The van der Waals surface area contributed by atoms with Gasteiger partial charge in [-0.2, -0.15) is 0 Å². The second kappa shape index (κ2) is 7.46. The Morgan fingerprint density at radius 3 is 2.67 bits per heavy atom. The number of nitrogens with zero attached hydrogens (tertiary/aromatic N) is 1. The highest BCUT2D eigenvalue weighted by atomic mass is 16.5. The van der Waals surface area contributed by atoms with E-state index >= 15 is 0 Å². The van der Waals surface area contributed by atoms with Gasteiger partial charge >= 0.3 is 0 Å². The SMILES string of the molecule is COc1ccccc1C(=O)NCCc1cnc(-c2ccccc2)[nH]1. The second-order valence-corrected chi connectivity index (χ2v) is 5.33. The average Bonchev–Trinajstić information content (AvgIpc) is 3.11. The fourth-order valence-corrected chi connectivity index (χ4v) is 2.47. The Labute approximate surface area is 140 Å². The molecule has 2 aromatic carbocycles. The van der Waals surface area contributed by atoms with E-state index in [1.54, 1.807) is 25.4 Å². The van der Waals surface area contributed by atoms with Gasteiger partial charge in [0, 0.05) is 30.4 Å². The maximum atomic E-state index is 12.2. The molecule has 0 saturated heterocycles. The van der Waals surface area contributed by atoms with E-state index in [9.17, 15) is 4.79 Å². The zero-order valence-corrected chi connectivity index (χ0v) is 13.5. The van der Waals surface area contributed by atoms with E-state index in [1.165, 1.54) is 0 Å². The average molecular weight is 321 g/mol. The van der Waals surface area contributed by atoms with Gasteiger partial charge in [0.15, 0.2) is 0 Å². The summed E-state index contributed by atoms with van der Waals surface area (Å²) in [6.45, 7) is 0.521. The van der Waals surface area contributed by atoms with Crippen molar-refractivity contribution < 1.29 is 9.53 Å². The predicted octanol–water partition coefficient (Wildman–Crippen LogP) is 3.06. The number of carbonyl (C=O) groups is 1. The fourth-order valence-electron chi connectivity index (χ4n) is 2.47. The molecule has 24 heavy (non-hydrogen) atoms. The summed E-state index contributed by atoms with van der Waals surface area (Å²) >= 11 is 0. The number of benzene rings is 2. The minimum atomic E-state index is -0.143. The Balaban J connectivity index is 1.57. The van der Waals surface area contributed by atoms with Crippen molar-refractivity contribution in [1.82, 2.24) is 15.3 Å². The maximum Gasteiger partial charge on any atom is 0.255 e. The molecule has 1 aromatic heterocycles. The molecular formula is C19H19N3O2. The van der Waals surface area contributed by atoms with Gasteiger partial charge in [-0.05, 0) is 12.1 Å². The monoisotopic (exact) mass is 321 g/mol. The summed E-state index contributed by atoms with van der Waals surface area (Å²) in [6.07, 6.45) is 2.48. The van der Waals surface area contributed by atoms with Crippen molar-refractivity contribution in [3.05, 3.63) is 72.1 Å². The van der Waals surface area contributed by atoms with Gasteiger partial charge in [0.2, 0.25) is 0 Å². The number of nitrogens with one attached hydrogen (secondary N) is 2. The zero-order chi connectivity index (χ0) is 16.8. The normalized spacial score (nSPS) is 10.4. The summed E-state index contributed by atoms with van der Waals surface area (Å²) in [4.78, 5) is 19.9. The third-order valence-corrected chi connectivity index (χ3v) is 3.71. The molecule has 122 valence electrons. The van der Waals surface area contributed by atoms with Crippen LogP contribution in [0.25, 0.3) is 11.4 Å². The third kappa shape index (κ3) is 3.63. The van der Waals surface area contributed by atoms with E-state index in [-0.39, 0.29) is 5.91 Å².